The van der Waals surface area contributed by atoms with Gasteiger partial charge in [-0.2, -0.15) is 0 Å². The number of rotatable bonds is 1. The fourth-order valence-corrected chi connectivity index (χ4v) is 3.27. The second-order valence-electron chi connectivity index (χ2n) is 6.90. The molecule has 0 bridgehead atoms. The minimum atomic E-state index is 0.166. The molecule has 0 amide bonds. The number of benzene rings is 1. The number of aryl methyl sites for hydroxylation is 1. The van der Waals surface area contributed by atoms with Gasteiger partial charge in [0.15, 0.2) is 0 Å². The third-order valence-electron chi connectivity index (χ3n) is 4.50. The fraction of sp³-hybridized carbons (Fsp3) is 0.647. The van der Waals surface area contributed by atoms with E-state index < -0.39 is 0 Å². The molecule has 2 N–H and O–H groups in total. The summed E-state index contributed by atoms with van der Waals surface area (Å²) in [5.74, 6) is 0. The zero-order valence-electron chi connectivity index (χ0n) is 13.0. The van der Waals surface area contributed by atoms with E-state index >= 15 is 0 Å². The number of nitrogens with zero attached hydrogens (tertiary/aromatic N) is 1. The van der Waals surface area contributed by atoms with Gasteiger partial charge < -0.3 is 5.73 Å². The van der Waals surface area contributed by atoms with E-state index in [1.807, 2.05) is 0 Å². The quantitative estimate of drug-likeness (QED) is 0.836. The molecule has 1 aliphatic rings. The molecule has 0 aromatic heterocycles. The smallest absolute Gasteiger partial charge is 0.0507 e. The normalized spacial score (nSPS) is 25.6. The summed E-state index contributed by atoms with van der Waals surface area (Å²) < 4.78 is 0. The van der Waals surface area contributed by atoms with E-state index in [1.165, 1.54) is 23.1 Å². The summed E-state index contributed by atoms with van der Waals surface area (Å²) in [5.41, 5.74) is 10.8. The first-order valence-corrected chi connectivity index (χ1v) is 7.41. The van der Waals surface area contributed by atoms with E-state index in [4.69, 9.17) is 5.73 Å². The molecule has 1 heterocycles. The van der Waals surface area contributed by atoms with Crippen molar-refractivity contribution in [2.45, 2.75) is 65.1 Å². The molecular weight excluding hydrogens is 232 g/mol. The Hall–Kier alpha value is -0.860. The lowest BCUT2D eigenvalue weighted by molar-refractivity contribution is 0.0381. The van der Waals surface area contributed by atoms with Crippen molar-refractivity contribution in [1.82, 2.24) is 4.90 Å². The highest BCUT2D eigenvalue weighted by molar-refractivity contribution is 5.36. The van der Waals surface area contributed by atoms with Crippen LogP contribution in [0.2, 0.25) is 0 Å². The molecule has 0 spiro atoms. The van der Waals surface area contributed by atoms with Crippen molar-refractivity contribution < 1.29 is 0 Å². The molecule has 1 aromatic carbocycles. The summed E-state index contributed by atoms with van der Waals surface area (Å²) in [6.07, 6.45) is 2.34. The van der Waals surface area contributed by atoms with Crippen LogP contribution in [0.25, 0.3) is 0 Å². The molecule has 1 saturated heterocycles. The topological polar surface area (TPSA) is 29.3 Å². The summed E-state index contributed by atoms with van der Waals surface area (Å²) in [5, 5.41) is 0. The van der Waals surface area contributed by atoms with Crippen LogP contribution in [-0.4, -0.2) is 23.0 Å². The lowest BCUT2D eigenvalue weighted by Crippen LogP contribution is -2.53. The van der Waals surface area contributed by atoms with Crippen molar-refractivity contribution in [3.63, 3.8) is 0 Å². The van der Waals surface area contributed by atoms with Crippen LogP contribution in [0.4, 0.5) is 0 Å². The van der Waals surface area contributed by atoms with E-state index in [2.05, 4.69) is 57.7 Å². The van der Waals surface area contributed by atoms with Crippen LogP contribution in [-0.2, 0) is 0 Å². The van der Waals surface area contributed by atoms with E-state index in [0.29, 0.717) is 6.04 Å². The first kappa shape index (κ1) is 14.5. The van der Waals surface area contributed by atoms with Crippen molar-refractivity contribution in [1.29, 1.82) is 0 Å². The molecule has 106 valence electrons. The number of likely N-dealkylation sites (tertiary alicyclic amines) is 1. The second kappa shape index (κ2) is 5.26. The fourth-order valence-electron chi connectivity index (χ4n) is 3.27. The van der Waals surface area contributed by atoms with Gasteiger partial charge in [-0.3, -0.25) is 4.90 Å². The number of hydrogen-bond acceptors (Lipinski definition) is 2. The average Bonchev–Trinajstić information content (AvgIpc) is 2.32. The van der Waals surface area contributed by atoms with Crippen LogP contribution in [0, 0.1) is 13.8 Å². The van der Waals surface area contributed by atoms with Gasteiger partial charge in [-0.1, -0.05) is 18.2 Å². The Morgan fingerprint density at radius 3 is 2.53 bits per heavy atom. The highest BCUT2D eigenvalue weighted by Gasteiger charge is 2.37. The summed E-state index contributed by atoms with van der Waals surface area (Å²) in [7, 11) is 0. The summed E-state index contributed by atoms with van der Waals surface area (Å²) in [6, 6.07) is 7.22. The van der Waals surface area contributed by atoms with Crippen LogP contribution in [0.15, 0.2) is 18.2 Å². The van der Waals surface area contributed by atoms with E-state index in [1.54, 1.807) is 0 Å². The van der Waals surface area contributed by atoms with Gasteiger partial charge in [0.05, 0.1) is 6.04 Å². The minimum Gasteiger partial charge on any atom is -0.326 e. The zero-order chi connectivity index (χ0) is 14.2. The summed E-state index contributed by atoms with van der Waals surface area (Å²) in [4.78, 5) is 2.59. The molecule has 19 heavy (non-hydrogen) atoms. The van der Waals surface area contributed by atoms with E-state index in [0.717, 1.165) is 13.0 Å². The molecule has 2 atom stereocenters. The number of nitrogens with two attached hydrogens (primary N) is 1. The lowest BCUT2D eigenvalue weighted by atomic mass is 9.84. The van der Waals surface area contributed by atoms with Gasteiger partial charge in [0.1, 0.15) is 0 Å². The Labute approximate surface area is 118 Å². The third kappa shape index (κ3) is 2.85. The average molecular weight is 260 g/mol. The molecule has 2 heteroatoms. The van der Waals surface area contributed by atoms with Crippen LogP contribution in [0.3, 0.4) is 0 Å². The van der Waals surface area contributed by atoms with Gasteiger partial charge in [-0.05, 0) is 70.7 Å². The van der Waals surface area contributed by atoms with Crippen molar-refractivity contribution in [3.05, 3.63) is 34.9 Å². The van der Waals surface area contributed by atoms with Gasteiger partial charge in [-0.15, -0.1) is 0 Å². The van der Waals surface area contributed by atoms with Gasteiger partial charge in [0, 0.05) is 11.6 Å². The molecule has 2 unspecified atom stereocenters. The molecule has 2 rings (SSSR count). The molecule has 0 saturated carbocycles. The molecule has 2 nitrogen and oxygen atoms in total. The molecule has 1 aliphatic heterocycles. The highest BCUT2D eigenvalue weighted by atomic mass is 15.2. The van der Waals surface area contributed by atoms with Crippen LogP contribution >= 0.6 is 0 Å². The Morgan fingerprint density at radius 2 is 1.89 bits per heavy atom. The lowest BCUT2D eigenvalue weighted by Gasteiger charge is -2.48. The zero-order valence-corrected chi connectivity index (χ0v) is 13.0. The van der Waals surface area contributed by atoms with Gasteiger partial charge in [-0.25, -0.2) is 0 Å². The molecular formula is C17H28N2. The van der Waals surface area contributed by atoms with Gasteiger partial charge in [0.2, 0.25) is 0 Å². The van der Waals surface area contributed by atoms with Gasteiger partial charge >= 0.3 is 0 Å². The standard InChI is InChI=1S/C17H28N2/c1-12-8-6-9-14(13(12)2)16-15(18)10-7-11-19(16)17(3,4)5/h6,8-9,15-16H,7,10-11,18H2,1-5H3. The maximum absolute atomic E-state index is 6.48. The molecule has 0 aliphatic carbocycles. The van der Waals surface area contributed by atoms with Crippen molar-refractivity contribution in [2.75, 3.05) is 6.54 Å². The Kier molecular flexibility index (Phi) is 4.03. The Bertz CT molecular complexity index is 445. The minimum absolute atomic E-state index is 0.166. The molecule has 1 fully saturated rings. The predicted molar refractivity (Wildman–Crippen MR) is 82.3 cm³/mol. The molecule has 0 radical (unpaired) electrons. The second-order valence-corrected chi connectivity index (χ2v) is 6.90. The monoisotopic (exact) mass is 260 g/mol. The largest absolute Gasteiger partial charge is 0.326 e. The third-order valence-corrected chi connectivity index (χ3v) is 4.50. The number of piperidine rings is 1. The van der Waals surface area contributed by atoms with Crippen LogP contribution < -0.4 is 5.73 Å². The van der Waals surface area contributed by atoms with E-state index in [9.17, 15) is 0 Å². The predicted octanol–water partition coefficient (Wildman–Crippen LogP) is 3.57. The number of hydrogen-bond donors (Lipinski definition) is 1. The Morgan fingerprint density at radius 1 is 1.21 bits per heavy atom. The summed E-state index contributed by atoms with van der Waals surface area (Å²) >= 11 is 0. The Balaban J connectivity index is 2.45. The van der Waals surface area contributed by atoms with E-state index in [-0.39, 0.29) is 11.6 Å². The first-order valence-electron chi connectivity index (χ1n) is 7.41. The van der Waals surface area contributed by atoms with Gasteiger partial charge in [0.25, 0.3) is 0 Å². The molecule has 1 aromatic rings. The van der Waals surface area contributed by atoms with Crippen molar-refractivity contribution in [3.8, 4) is 0 Å². The van der Waals surface area contributed by atoms with Crippen LogP contribution in [0.1, 0.15) is 56.3 Å². The maximum Gasteiger partial charge on any atom is 0.0507 e. The maximum atomic E-state index is 6.48. The summed E-state index contributed by atoms with van der Waals surface area (Å²) in [6.45, 7) is 12.5. The highest BCUT2D eigenvalue weighted by Crippen LogP contribution is 2.37. The van der Waals surface area contributed by atoms with Crippen molar-refractivity contribution >= 4 is 0 Å². The SMILES string of the molecule is Cc1cccc(C2C(N)CCCN2C(C)(C)C)c1C. The van der Waals surface area contributed by atoms with Crippen molar-refractivity contribution in [2.24, 2.45) is 5.73 Å². The van der Waals surface area contributed by atoms with Crippen LogP contribution in [0.5, 0.6) is 0 Å². The first-order chi connectivity index (χ1) is 8.82.